The highest BCUT2D eigenvalue weighted by molar-refractivity contribution is 5.87. The highest BCUT2D eigenvalue weighted by Crippen LogP contribution is 2.26. The normalized spacial score (nSPS) is 16.9. The van der Waals surface area contributed by atoms with E-state index in [9.17, 15) is 4.79 Å². The first-order valence-corrected chi connectivity index (χ1v) is 6.18. The molecular formula is C15H18O4. The maximum Gasteiger partial charge on any atom is 0.330 e. The Morgan fingerprint density at radius 3 is 2.89 bits per heavy atom. The van der Waals surface area contributed by atoms with Gasteiger partial charge in [0.1, 0.15) is 12.4 Å². The Morgan fingerprint density at radius 1 is 1.47 bits per heavy atom. The highest BCUT2D eigenvalue weighted by atomic mass is 16.5. The Balaban J connectivity index is 1.85. The molecule has 1 aromatic rings. The number of hydrogen-bond acceptors (Lipinski definition) is 4. The zero-order valence-electron chi connectivity index (χ0n) is 11.2. The van der Waals surface area contributed by atoms with Gasteiger partial charge >= 0.3 is 5.97 Å². The molecule has 1 aliphatic heterocycles. The van der Waals surface area contributed by atoms with Crippen LogP contribution in [-0.2, 0) is 14.3 Å². The third-order valence-corrected chi connectivity index (χ3v) is 2.97. The van der Waals surface area contributed by atoms with Crippen molar-refractivity contribution in [1.82, 2.24) is 0 Å². The molecule has 4 nitrogen and oxygen atoms in total. The van der Waals surface area contributed by atoms with Gasteiger partial charge in [-0.05, 0) is 23.8 Å². The van der Waals surface area contributed by atoms with Gasteiger partial charge in [-0.15, -0.1) is 0 Å². The van der Waals surface area contributed by atoms with Gasteiger partial charge in [0.05, 0.1) is 20.3 Å². The van der Waals surface area contributed by atoms with Crippen molar-refractivity contribution in [2.24, 2.45) is 5.41 Å². The summed E-state index contributed by atoms with van der Waals surface area (Å²) < 4.78 is 15.4. The Labute approximate surface area is 113 Å². The fourth-order valence-corrected chi connectivity index (χ4v) is 1.74. The van der Waals surface area contributed by atoms with E-state index in [0.29, 0.717) is 19.8 Å². The van der Waals surface area contributed by atoms with Crippen LogP contribution in [0.25, 0.3) is 6.08 Å². The van der Waals surface area contributed by atoms with Gasteiger partial charge in [-0.2, -0.15) is 0 Å². The summed E-state index contributed by atoms with van der Waals surface area (Å²) in [6, 6.07) is 7.47. The molecule has 0 bridgehead atoms. The van der Waals surface area contributed by atoms with Crippen LogP contribution in [0.15, 0.2) is 30.3 Å². The second-order valence-electron chi connectivity index (χ2n) is 5.02. The third-order valence-electron chi connectivity index (χ3n) is 2.97. The minimum absolute atomic E-state index is 0.0144. The number of ether oxygens (including phenoxy) is 3. The first-order chi connectivity index (χ1) is 9.11. The fourth-order valence-electron chi connectivity index (χ4n) is 1.74. The summed E-state index contributed by atoms with van der Waals surface area (Å²) in [6.45, 7) is 3.74. The Kier molecular flexibility index (Phi) is 4.22. The zero-order valence-corrected chi connectivity index (χ0v) is 11.2. The summed E-state index contributed by atoms with van der Waals surface area (Å²) in [5, 5.41) is 0. The van der Waals surface area contributed by atoms with Crippen molar-refractivity contribution >= 4 is 12.0 Å². The molecule has 0 N–H and O–H groups in total. The van der Waals surface area contributed by atoms with Gasteiger partial charge in [0, 0.05) is 11.5 Å². The van der Waals surface area contributed by atoms with Gasteiger partial charge in [-0.3, -0.25) is 0 Å². The summed E-state index contributed by atoms with van der Waals surface area (Å²) in [7, 11) is 1.61. The van der Waals surface area contributed by atoms with E-state index in [1.807, 2.05) is 31.2 Å². The largest absolute Gasteiger partial charge is 0.497 e. The SMILES string of the molecule is COc1cccc(C=CC(=O)OCC2(C)COC2)c1. The van der Waals surface area contributed by atoms with E-state index in [1.54, 1.807) is 13.2 Å². The van der Waals surface area contributed by atoms with Crippen LogP contribution in [0.1, 0.15) is 12.5 Å². The second-order valence-corrected chi connectivity index (χ2v) is 5.02. The number of carbonyl (C=O) groups excluding carboxylic acids is 1. The van der Waals surface area contributed by atoms with Crippen molar-refractivity contribution in [3.63, 3.8) is 0 Å². The van der Waals surface area contributed by atoms with Gasteiger partial charge in [-0.1, -0.05) is 19.1 Å². The third kappa shape index (κ3) is 3.83. The maximum absolute atomic E-state index is 11.6. The van der Waals surface area contributed by atoms with Crippen LogP contribution in [0.5, 0.6) is 5.75 Å². The number of rotatable bonds is 5. The number of esters is 1. The molecule has 0 radical (unpaired) electrons. The van der Waals surface area contributed by atoms with Crippen LogP contribution >= 0.6 is 0 Å². The van der Waals surface area contributed by atoms with Gasteiger partial charge < -0.3 is 14.2 Å². The molecular weight excluding hydrogens is 244 g/mol. The first kappa shape index (κ1) is 13.6. The second kappa shape index (κ2) is 5.89. The molecule has 0 aliphatic carbocycles. The first-order valence-electron chi connectivity index (χ1n) is 6.18. The predicted molar refractivity (Wildman–Crippen MR) is 71.9 cm³/mol. The fraction of sp³-hybridized carbons (Fsp3) is 0.400. The molecule has 2 rings (SSSR count). The van der Waals surface area contributed by atoms with E-state index in [0.717, 1.165) is 11.3 Å². The van der Waals surface area contributed by atoms with Crippen LogP contribution in [0.3, 0.4) is 0 Å². The standard InChI is InChI=1S/C15H18O4/c1-15(9-18-10-15)11-19-14(16)7-6-12-4-3-5-13(8-12)17-2/h3-8H,9-11H2,1-2H3. The van der Waals surface area contributed by atoms with E-state index in [1.165, 1.54) is 6.08 Å². The van der Waals surface area contributed by atoms with Crippen molar-refractivity contribution in [1.29, 1.82) is 0 Å². The van der Waals surface area contributed by atoms with E-state index < -0.39 is 0 Å². The van der Waals surface area contributed by atoms with E-state index in [4.69, 9.17) is 14.2 Å². The lowest BCUT2D eigenvalue weighted by molar-refractivity contribution is -0.160. The van der Waals surface area contributed by atoms with Crippen LogP contribution < -0.4 is 4.74 Å². The van der Waals surface area contributed by atoms with E-state index >= 15 is 0 Å². The average Bonchev–Trinajstić information content (AvgIpc) is 2.41. The van der Waals surface area contributed by atoms with Crippen LogP contribution in [0.4, 0.5) is 0 Å². The molecule has 102 valence electrons. The minimum atomic E-state index is -0.337. The summed E-state index contributed by atoms with van der Waals surface area (Å²) >= 11 is 0. The van der Waals surface area contributed by atoms with E-state index in [-0.39, 0.29) is 11.4 Å². The van der Waals surface area contributed by atoms with Gasteiger partial charge in [0.2, 0.25) is 0 Å². The molecule has 1 aliphatic rings. The zero-order chi connectivity index (χ0) is 13.7. The summed E-state index contributed by atoms with van der Waals surface area (Å²) in [6.07, 6.45) is 3.14. The summed E-state index contributed by atoms with van der Waals surface area (Å²) in [5.41, 5.74) is 0.883. The number of hydrogen-bond donors (Lipinski definition) is 0. The van der Waals surface area contributed by atoms with Gasteiger partial charge in [0.15, 0.2) is 0 Å². The predicted octanol–water partition coefficient (Wildman–Crippen LogP) is 2.29. The molecule has 1 saturated heterocycles. The van der Waals surface area contributed by atoms with Gasteiger partial charge in [0.25, 0.3) is 0 Å². The molecule has 0 saturated carbocycles. The number of benzene rings is 1. The van der Waals surface area contributed by atoms with E-state index in [2.05, 4.69) is 0 Å². The summed E-state index contributed by atoms with van der Waals surface area (Å²) in [4.78, 5) is 11.6. The monoisotopic (exact) mass is 262 g/mol. The van der Waals surface area contributed by atoms with Crippen molar-refractivity contribution in [3.8, 4) is 5.75 Å². The average molecular weight is 262 g/mol. The molecule has 0 spiro atoms. The Morgan fingerprint density at radius 2 is 2.26 bits per heavy atom. The van der Waals surface area contributed by atoms with Crippen LogP contribution in [0, 0.1) is 5.41 Å². The molecule has 0 atom stereocenters. The Hall–Kier alpha value is -1.81. The van der Waals surface area contributed by atoms with Gasteiger partial charge in [-0.25, -0.2) is 4.79 Å². The topological polar surface area (TPSA) is 44.8 Å². The maximum atomic E-state index is 11.6. The van der Waals surface area contributed by atoms with Crippen molar-refractivity contribution in [2.45, 2.75) is 6.92 Å². The van der Waals surface area contributed by atoms with Crippen LogP contribution in [-0.4, -0.2) is 32.9 Å². The molecule has 0 amide bonds. The lowest BCUT2D eigenvalue weighted by Crippen LogP contribution is -2.43. The van der Waals surface area contributed by atoms with Crippen LogP contribution in [0.2, 0.25) is 0 Å². The lowest BCUT2D eigenvalue weighted by Gasteiger charge is -2.36. The quantitative estimate of drug-likeness (QED) is 0.603. The summed E-state index contributed by atoms with van der Waals surface area (Å²) in [5.74, 6) is 0.422. The minimum Gasteiger partial charge on any atom is -0.497 e. The molecule has 1 fully saturated rings. The lowest BCUT2D eigenvalue weighted by atomic mass is 9.90. The molecule has 1 aromatic carbocycles. The van der Waals surface area contributed by atoms with Crippen molar-refractivity contribution < 1.29 is 19.0 Å². The molecule has 0 aromatic heterocycles. The molecule has 4 heteroatoms. The number of methoxy groups -OCH3 is 1. The number of carbonyl (C=O) groups is 1. The van der Waals surface area contributed by atoms with Crippen molar-refractivity contribution in [3.05, 3.63) is 35.9 Å². The Bertz CT molecular complexity index is 475. The smallest absolute Gasteiger partial charge is 0.330 e. The molecule has 0 unspecified atom stereocenters. The van der Waals surface area contributed by atoms with Crippen molar-refractivity contribution in [2.75, 3.05) is 26.9 Å². The molecule has 19 heavy (non-hydrogen) atoms. The highest BCUT2D eigenvalue weighted by Gasteiger charge is 2.34. The molecule has 1 heterocycles.